The fourth-order valence-electron chi connectivity index (χ4n) is 3.48. The lowest BCUT2D eigenvalue weighted by molar-refractivity contribution is -0.143. The maximum Gasteiger partial charge on any atom is 0.306 e. The van der Waals surface area contributed by atoms with Gasteiger partial charge >= 0.3 is 5.97 Å². The van der Waals surface area contributed by atoms with Gasteiger partial charge < -0.3 is 5.11 Å². The highest BCUT2D eigenvalue weighted by Crippen LogP contribution is 2.33. The van der Waals surface area contributed by atoms with Crippen molar-refractivity contribution in [2.24, 2.45) is 5.92 Å². The summed E-state index contributed by atoms with van der Waals surface area (Å²) in [4.78, 5) is 18.3. The summed E-state index contributed by atoms with van der Waals surface area (Å²) in [6.45, 7) is 5.73. The quantitative estimate of drug-likeness (QED) is 0.934. The van der Waals surface area contributed by atoms with Gasteiger partial charge in [0.05, 0.1) is 17.7 Å². The van der Waals surface area contributed by atoms with E-state index in [0.29, 0.717) is 12.8 Å². The molecule has 1 aromatic heterocycles. The van der Waals surface area contributed by atoms with E-state index in [4.69, 9.17) is 0 Å². The normalized spacial score (nSPS) is 17.6. The number of aliphatic carboxylic acids is 1. The first-order valence-corrected chi connectivity index (χ1v) is 8.51. The number of carbonyl (C=O) groups is 1. The number of piperidine rings is 1. The molecule has 0 spiro atoms. The van der Waals surface area contributed by atoms with Crippen LogP contribution < -0.4 is 0 Å². The van der Waals surface area contributed by atoms with Crippen molar-refractivity contribution in [1.29, 1.82) is 0 Å². The largest absolute Gasteiger partial charge is 0.481 e. The molecule has 4 nitrogen and oxygen atoms in total. The van der Waals surface area contributed by atoms with E-state index in [2.05, 4.69) is 53.2 Å². The van der Waals surface area contributed by atoms with Crippen molar-refractivity contribution < 1.29 is 9.90 Å². The number of likely N-dealkylation sites (tertiary alicyclic amines) is 1. The van der Waals surface area contributed by atoms with E-state index < -0.39 is 5.97 Å². The fraction of sp³-hybridized carbons (Fsp3) is 0.400. The summed E-state index contributed by atoms with van der Waals surface area (Å²) in [5.41, 5.74) is 4.67. The van der Waals surface area contributed by atoms with Gasteiger partial charge in [-0.05, 0) is 62.5 Å². The van der Waals surface area contributed by atoms with E-state index in [-0.39, 0.29) is 12.0 Å². The van der Waals surface area contributed by atoms with E-state index in [1.165, 1.54) is 11.1 Å². The molecule has 4 heteroatoms. The Morgan fingerprint density at radius 2 is 1.88 bits per heavy atom. The molecular weight excluding hydrogens is 300 g/mol. The summed E-state index contributed by atoms with van der Waals surface area (Å²) in [7, 11) is 0. The number of pyridine rings is 1. The lowest BCUT2D eigenvalue weighted by atomic mass is 9.91. The molecule has 1 atom stereocenters. The van der Waals surface area contributed by atoms with Gasteiger partial charge in [-0.2, -0.15) is 0 Å². The number of hydrogen-bond donors (Lipinski definition) is 1. The maximum absolute atomic E-state index is 11.2. The highest BCUT2D eigenvalue weighted by atomic mass is 16.4. The van der Waals surface area contributed by atoms with E-state index in [9.17, 15) is 9.90 Å². The van der Waals surface area contributed by atoms with Crippen molar-refractivity contribution >= 4 is 5.97 Å². The van der Waals surface area contributed by atoms with Crippen molar-refractivity contribution in [3.8, 4) is 0 Å². The van der Waals surface area contributed by atoms with Crippen LogP contribution >= 0.6 is 0 Å². The average Bonchev–Trinajstić information content (AvgIpc) is 2.59. The zero-order valence-electron chi connectivity index (χ0n) is 14.3. The van der Waals surface area contributed by atoms with Crippen molar-refractivity contribution in [1.82, 2.24) is 9.88 Å². The number of aryl methyl sites for hydroxylation is 2. The molecule has 0 saturated carbocycles. The van der Waals surface area contributed by atoms with Crippen LogP contribution in [-0.2, 0) is 4.79 Å². The summed E-state index contributed by atoms with van der Waals surface area (Å²) in [5, 5.41) is 9.24. The topological polar surface area (TPSA) is 53.4 Å². The molecule has 1 aliphatic heterocycles. The summed E-state index contributed by atoms with van der Waals surface area (Å²) < 4.78 is 0. The molecule has 1 aromatic carbocycles. The first kappa shape index (κ1) is 16.7. The van der Waals surface area contributed by atoms with Crippen LogP contribution in [0.4, 0.5) is 0 Å². The Hall–Kier alpha value is -2.20. The minimum atomic E-state index is -0.671. The highest BCUT2D eigenvalue weighted by Gasteiger charge is 2.31. The second kappa shape index (κ2) is 7.14. The number of benzene rings is 1. The summed E-state index contributed by atoms with van der Waals surface area (Å²) >= 11 is 0. The molecule has 126 valence electrons. The number of nitrogens with zero attached hydrogens (tertiary/aromatic N) is 2. The third-order valence-corrected chi connectivity index (χ3v) is 4.94. The lowest BCUT2D eigenvalue weighted by Crippen LogP contribution is -2.39. The Bertz CT molecular complexity index is 704. The molecule has 3 rings (SSSR count). The molecule has 0 bridgehead atoms. The fourth-order valence-corrected chi connectivity index (χ4v) is 3.48. The number of rotatable bonds is 4. The van der Waals surface area contributed by atoms with Crippen LogP contribution in [0, 0.1) is 19.8 Å². The summed E-state index contributed by atoms with van der Waals surface area (Å²) in [5.74, 6) is -0.889. The first-order valence-electron chi connectivity index (χ1n) is 8.51. The standard InChI is InChI=1S/C20H24N2O2/c1-14-7-8-18(21-13-14)19(17-6-4-3-5-15(17)2)22-11-9-16(10-12-22)20(23)24/h3-8,13,16,19H,9-12H2,1-2H3,(H,23,24). The Morgan fingerprint density at radius 1 is 1.17 bits per heavy atom. The molecule has 1 saturated heterocycles. The third-order valence-electron chi connectivity index (χ3n) is 4.94. The average molecular weight is 324 g/mol. The SMILES string of the molecule is Cc1ccc(C(c2ccccc2C)N2CCC(C(=O)O)CC2)nc1. The number of hydrogen-bond acceptors (Lipinski definition) is 3. The van der Waals surface area contributed by atoms with Gasteiger partial charge in [-0.1, -0.05) is 30.3 Å². The van der Waals surface area contributed by atoms with Gasteiger partial charge in [-0.3, -0.25) is 14.7 Å². The van der Waals surface area contributed by atoms with Crippen LogP contribution in [0.2, 0.25) is 0 Å². The molecule has 1 fully saturated rings. The van der Waals surface area contributed by atoms with E-state index >= 15 is 0 Å². The molecule has 24 heavy (non-hydrogen) atoms. The van der Waals surface area contributed by atoms with Crippen LogP contribution in [0.1, 0.15) is 41.3 Å². The third kappa shape index (κ3) is 3.49. The number of aromatic nitrogens is 1. The van der Waals surface area contributed by atoms with Crippen LogP contribution in [-0.4, -0.2) is 34.0 Å². The molecule has 2 aromatic rings. The number of carboxylic acid groups (broad SMARTS) is 1. The monoisotopic (exact) mass is 324 g/mol. The summed E-state index contributed by atoms with van der Waals surface area (Å²) in [6, 6.07) is 12.7. The Labute approximate surface area is 143 Å². The molecule has 1 aliphatic rings. The van der Waals surface area contributed by atoms with E-state index in [1.54, 1.807) is 0 Å². The minimum absolute atomic E-state index is 0.0848. The van der Waals surface area contributed by atoms with Gasteiger partial charge in [0.25, 0.3) is 0 Å². The lowest BCUT2D eigenvalue weighted by Gasteiger charge is -2.37. The molecule has 0 aliphatic carbocycles. The van der Waals surface area contributed by atoms with Crippen LogP contribution in [0.25, 0.3) is 0 Å². The van der Waals surface area contributed by atoms with E-state index in [0.717, 1.165) is 24.3 Å². The molecule has 1 N–H and O–H groups in total. The first-order chi connectivity index (χ1) is 11.6. The predicted octanol–water partition coefficient (Wildman–Crippen LogP) is 3.58. The van der Waals surface area contributed by atoms with Crippen molar-refractivity contribution in [2.75, 3.05) is 13.1 Å². The maximum atomic E-state index is 11.2. The second-order valence-electron chi connectivity index (χ2n) is 6.67. The summed E-state index contributed by atoms with van der Waals surface area (Å²) in [6.07, 6.45) is 3.30. The zero-order valence-corrected chi connectivity index (χ0v) is 14.3. The van der Waals surface area contributed by atoms with Crippen LogP contribution in [0.3, 0.4) is 0 Å². The van der Waals surface area contributed by atoms with Gasteiger partial charge in [0.15, 0.2) is 0 Å². The zero-order chi connectivity index (χ0) is 17.1. The molecule has 0 radical (unpaired) electrons. The molecule has 1 unspecified atom stereocenters. The molecule has 2 heterocycles. The smallest absolute Gasteiger partial charge is 0.306 e. The Morgan fingerprint density at radius 3 is 2.46 bits per heavy atom. The minimum Gasteiger partial charge on any atom is -0.481 e. The van der Waals surface area contributed by atoms with E-state index in [1.807, 2.05) is 13.1 Å². The van der Waals surface area contributed by atoms with Crippen LogP contribution in [0.5, 0.6) is 0 Å². The van der Waals surface area contributed by atoms with Gasteiger partial charge in [0, 0.05) is 6.20 Å². The van der Waals surface area contributed by atoms with Gasteiger partial charge in [0.1, 0.15) is 0 Å². The van der Waals surface area contributed by atoms with Gasteiger partial charge in [0.2, 0.25) is 0 Å². The Kier molecular flexibility index (Phi) is 4.95. The Balaban J connectivity index is 1.93. The van der Waals surface area contributed by atoms with Gasteiger partial charge in [-0.15, -0.1) is 0 Å². The number of carboxylic acids is 1. The van der Waals surface area contributed by atoms with Gasteiger partial charge in [-0.25, -0.2) is 0 Å². The van der Waals surface area contributed by atoms with Crippen molar-refractivity contribution in [3.05, 3.63) is 65.0 Å². The van der Waals surface area contributed by atoms with Crippen LogP contribution in [0.15, 0.2) is 42.6 Å². The predicted molar refractivity (Wildman–Crippen MR) is 93.9 cm³/mol. The molecular formula is C20H24N2O2. The highest BCUT2D eigenvalue weighted by molar-refractivity contribution is 5.70. The molecule has 0 amide bonds. The van der Waals surface area contributed by atoms with Crippen molar-refractivity contribution in [2.45, 2.75) is 32.7 Å². The second-order valence-corrected chi connectivity index (χ2v) is 6.67. The van der Waals surface area contributed by atoms with Crippen molar-refractivity contribution in [3.63, 3.8) is 0 Å².